The molecule has 0 aromatic heterocycles. The number of nitrogens with zero attached hydrogens (tertiary/aromatic N) is 1. The number of ether oxygens (including phenoxy) is 2. The Labute approximate surface area is 172 Å². The fourth-order valence-corrected chi connectivity index (χ4v) is 2.56. The monoisotopic (exact) mass is 399 g/mol. The molecule has 0 heterocycles. The average Bonchev–Trinajstić information content (AvgIpc) is 2.72. The minimum Gasteiger partial charge on any atom is -0.491 e. The van der Waals surface area contributed by atoms with Crippen molar-refractivity contribution in [3.05, 3.63) is 54.1 Å². The molecular weight excluding hydrogens is 370 g/mol. The van der Waals surface area contributed by atoms with Crippen molar-refractivity contribution in [2.75, 3.05) is 51.6 Å². The molecule has 0 unspecified atom stereocenters. The van der Waals surface area contributed by atoms with Crippen LogP contribution in [0.4, 0.5) is 11.4 Å². The van der Waals surface area contributed by atoms with E-state index in [-0.39, 0.29) is 18.4 Å². The molecule has 0 aliphatic carbocycles. The topological polar surface area (TPSA) is 79.9 Å². The van der Waals surface area contributed by atoms with Crippen LogP contribution in [0.2, 0.25) is 0 Å². The highest BCUT2D eigenvalue weighted by Crippen LogP contribution is 2.17. The highest BCUT2D eigenvalue weighted by molar-refractivity contribution is 5.93. The molecule has 0 spiro atoms. The second kappa shape index (κ2) is 11.7. The van der Waals surface area contributed by atoms with Gasteiger partial charge in [0.2, 0.25) is 11.8 Å². The van der Waals surface area contributed by atoms with Crippen molar-refractivity contribution in [1.29, 1.82) is 0 Å². The summed E-state index contributed by atoms with van der Waals surface area (Å²) in [4.78, 5) is 25.4. The molecule has 7 heteroatoms. The lowest BCUT2D eigenvalue weighted by molar-refractivity contribution is -0.128. The third-order valence-corrected chi connectivity index (χ3v) is 4.21. The van der Waals surface area contributed by atoms with Crippen LogP contribution in [0.15, 0.2) is 48.5 Å². The molecule has 7 nitrogen and oxygen atoms in total. The molecule has 0 aliphatic heterocycles. The third-order valence-electron chi connectivity index (χ3n) is 4.21. The maximum Gasteiger partial charge on any atom is 0.243 e. The van der Waals surface area contributed by atoms with Crippen LogP contribution in [0.1, 0.15) is 12.0 Å². The van der Waals surface area contributed by atoms with Crippen LogP contribution in [0.25, 0.3) is 0 Å². The molecule has 0 atom stereocenters. The molecule has 0 fully saturated rings. The Morgan fingerprint density at radius 3 is 2.45 bits per heavy atom. The second-order valence-corrected chi connectivity index (χ2v) is 6.76. The number of benzene rings is 2. The molecule has 156 valence electrons. The van der Waals surface area contributed by atoms with Crippen molar-refractivity contribution in [3.8, 4) is 5.75 Å². The average molecular weight is 399 g/mol. The standard InChI is InChI=1S/C22H29N3O4/c1-25(2)22(27)12-9-17-7-10-18(11-8-17)24-21(26)16-23-19-5-4-6-20(15-19)29-14-13-28-3/h4-8,10-11,15,23H,9,12-14,16H2,1-3H3,(H,24,26). The van der Waals surface area contributed by atoms with Gasteiger partial charge >= 0.3 is 0 Å². The van der Waals surface area contributed by atoms with Crippen molar-refractivity contribution in [2.24, 2.45) is 0 Å². The molecule has 0 saturated carbocycles. The van der Waals surface area contributed by atoms with E-state index in [1.54, 1.807) is 26.1 Å². The lowest BCUT2D eigenvalue weighted by Gasteiger charge is -2.11. The number of hydrogen-bond acceptors (Lipinski definition) is 5. The van der Waals surface area contributed by atoms with Gasteiger partial charge in [-0.15, -0.1) is 0 Å². The van der Waals surface area contributed by atoms with Crippen LogP contribution >= 0.6 is 0 Å². The number of rotatable bonds is 11. The van der Waals surface area contributed by atoms with E-state index in [4.69, 9.17) is 9.47 Å². The summed E-state index contributed by atoms with van der Waals surface area (Å²) in [5.41, 5.74) is 2.58. The van der Waals surface area contributed by atoms with E-state index in [1.165, 1.54) is 0 Å². The van der Waals surface area contributed by atoms with E-state index < -0.39 is 0 Å². The summed E-state index contributed by atoms with van der Waals surface area (Å²) >= 11 is 0. The van der Waals surface area contributed by atoms with Crippen molar-refractivity contribution >= 4 is 23.2 Å². The summed E-state index contributed by atoms with van der Waals surface area (Å²) in [7, 11) is 5.12. The molecule has 2 N–H and O–H groups in total. The molecule has 2 aromatic rings. The highest BCUT2D eigenvalue weighted by Gasteiger charge is 2.06. The first-order chi connectivity index (χ1) is 14.0. The predicted molar refractivity (Wildman–Crippen MR) is 114 cm³/mol. The Morgan fingerprint density at radius 2 is 1.76 bits per heavy atom. The minimum atomic E-state index is -0.147. The summed E-state index contributed by atoms with van der Waals surface area (Å²) in [6.07, 6.45) is 1.15. The molecule has 29 heavy (non-hydrogen) atoms. The van der Waals surface area contributed by atoms with E-state index >= 15 is 0 Å². The number of carbonyl (C=O) groups excluding carboxylic acids is 2. The third kappa shape index (κ3) is 8.23. The van der Waals surface area contributed by atoms with Crippen molar-refractivity contribution in [2.45, 2.75) is 12.8 Å². The Kier molecular flexibility index (Phi) is 8.98. The normalized spacial score (nSPS) is 10.3. The number of nitrogens with one attached hydrogen (secondary N) is 2. The fraction of sp³-hybridized carbons (Fsp3) is 0.364. The Hall–Kier alpha value is -3.06. The Morgan fingerprint density at radius 1 is 1.00 bits per heavy atom. The van der Waals surface area contributed by atoms with E-state index in [0.717, 1.165) is 22.7 Å². The zero-order valence-corrected chi connectivity index (χ0v) is 17.2. The van der Waals surface area contributed by atoms with Crippen molar-refractivity contribution in [3.63, 3.8) is 0 Å². The van der Waals surface area contributed by atoms with Crippen LogP contribution in [0.5, 0.6) is 5.75 Å². The first-order valence-electron chi connectivity index (χ1n) is 9.52. The predicted octanol–water partition coefficient (Wildman–Crippen LogP) is 2.78. The summed E-state index contributed by atoms with van der Waals surface area (Å²) in [5.74, 6) is 0.670. The van der Waals surface area contributed by atoms with Gasteiger partial charge in [0.15, 0.2) is 0 Å². The Bertz CT molecular complexity index is 791. The van der Waals surface area contributed by atoms with E-state index in [0.29, 0.717) is 26.1 Å². The molecular formula is C22H29N3O4. The van der Waals surface area contributed by atoms with Gasteiger partial charge in [-0.05, 0) is 36.2 Å². The van der Waals surface area contributed by atoms with Crippen LogP contribution < -0.4 is 15.4 Å². The van der Waals surface area contributed by atoms with Crippen molar-refractivity contribution < 1.29 is 19.1 Å². The maximum atomic E-state index is 12.2. The zero-order chi connectivity index (χ0) is 21.1. The molecule has 2 aromatic carbocycles. The summed E-state index contributed by atoms with van der Waals surface area (Å²) in [5, 5.41) is 5.94. The number of methoxy groups -OCH3 is 1. The molecule has 0 saturated heterocycles. The summed E-state index contributed by atoms with van der Waals surface area (Å²) in [6, 6.07) is 15.0. The van der Waals surface area contributed by atoms with Crippen LogP contribution in [-0.2, 0) is 20.7 Å². The Balaban J connectivity index is 1.77. The van der Waals surface area contributed by atoms with E-state index in [2.05, 4.69) is 10.6 Å². The van der Waals surface area contributed by atoms with Crippen LogP contribution in [-0.4, -0.2) is 57.7 Å². The van der Waals surface area contributed by atoms with Crippen LogP contribution in [0.3, 0.4) is 0 Å². The van der Waals surface area contributed by atoms with Gasteiger partial charge in [-0.2, -0.15) is 0 Å². The van der Waals surface area contributed by atoms with Gasteiger partial charge in [0.25, 0.3) is 0 Å². The summed E-state index contributed by atoms with van der Waals surface area (Å²) < 4.78 is 10.5. The van der Waals surface area contributed by atoms with Gasteiger partial charge in [0.05, 0.1) is 13.2 Å². The lowest BCUT2D eigenvalue weighted by atomic mass is 10.1. The first-order valence-corrected chi connectivity index (χ1v) is 9.52. The van der Waals surface area contributed by atoms with Gasteiger partial charge in [0, 0.05) is 45.1 Å². The first kappa shape index (κ1) is 22.2. The smallest absolute Gasteiger partial charge is 0.243 e. The highest BCUT2D eigenvalue weighted by atomic mass is 16.5. The largest absolute Gasteiger partial charge is 0.491 e. The van der Waals surface area contributed by atoms with E-state index in [1.807, 2.05) is 48.5 Å². The van der Waals surface area contributed by atoms with Crippen LogP contribution in [0, 0.1) is 0 Å². The number of anilines is 2. The quantitative estimate of drug-likeness (QED) is 0.568. The lowest BCUT2D eigenvalue weighted by Crippen LogP contribution is -2.22. The van der Waals surface area contributed by atoms with Crippen molar-refractivity contribution in [1.82, 2.24) is 4.90 Å². The SMILES string of the molecule is COCCOc1cccc(NCC(=O)Nc2ccc(CCC(=O)N(C)C)cc2)c1. The minimum absolute atomic E-state index is 0.0987. The van der Waals surface area contributed by atoms with Gasteiger partial charge in [-0.3, -0.25) is 9.59 Å². The summed E-state index contributed by atoms with van der Waals surface area (Å²) in [6.45, 7) is 1.13. The molecule has 2 amide bonds. The van der Waals surface area contributed by atoms with Gasteiger partial charge in [0.1, 0.15) is 12.4 Å². The fourth-order valence-electron chi connectivity index (χ4n) is 2.56. The molecule has 0 aliphatic rings. The second-order valence-electron chi connectivity index (χ2n) is 6.76. The van der Waals surface area contributed by atoms with Gasteiger partial charge < -0.3 is 25.0 Å². The molecule has 2 rings (SSSR count). The molecule has 0 radical (unpaired) electrons. The maximum absolute atomic E-state index is 12.2. The number of carbonyl (C=O) groups is 2. The zero-order valence-electron chi connectivity index (χ0n) is 17.2. The molecule has 0 bridgehead atoms. The number of hydrogen-bond donors (Lipinski definition) is 2. The number of amides is 2. The van der Waals surface area contributed by atoms with Gasteiger partial charge in [-0.1, -0.05) is 18.2 Å². The van der Waals surface area contributed by atoms with Gasteiger partial charge in [-0.25, -0.2) is 0 Å². The number of aryl methyl sites for hydroxylation is 1. The van der Waals surface area contributed by atoms with E-state index in [9.17, 15) is 9.59 Å².